The Balaban J connectivity index is 1.38. The molecule has 3 aromatic rings. The fourth-order valence-corrected chi connectivity index (χ4v) is 4.79. The molecule has 0 aliphatic carbocycles. The van der Waals surface area contributed by atoms with E-state index in [9.17, 15) is 9.90 Å². The number of carbonyl (C=O) groups is 1. The minimum absolute atomic E-state index is 0.232. The van der Waals surface area contributed by atoms with Gasteiger partial charge in [0.25, 0.3) is 0 Å². The Morgan fingerprint density at radius 1 is 1.07 bits per heavy atom. The first kappa shape index (κ1) is 19.0. The highest BCUT2D eigenvalue weighted by atomic mass is 16.6. The summed E-state index contributed by atoms with van der Waals surface area (Å²) < 4.78 is 11.3. The number of hydrogen-bond donors (Lipinski definition) is 1. The van der Waals surface area contributed by atoms with E-state index in [1.54, 1.807) is 11.1 Å². The van der Waals surface area contributed by atoms with Crippen LogP contribution in [0.4, 0.5) is 4.79 Å². The van der Waals surface area contributed by atoms with Crippen molar-refractivity contribution >= 4 is 17.0 Å². The van der Waals surface area contributed by atoms with E-state index in [1.165, 1.54) is 0 Å². The smallest absolute Gasteiger partial charge is 0.410 e. The highest BCUT2D eigenvalue weighted by Crippen LogP contribution is 2.43. The maximum Gasteiger partial charge on any atom is 0.410 e. The summed E-state index contributed by atoms with van der Waals surface area (Å²) in [6.45, 7) is 1.01. The largest absolute Gasteiger partial charge is 0.445 e. The second kappa shape index (κ2) is 7.70. The SMILES string of the molecule is O=C(OCc1ccccc1)N1C2COCC1CC(O)(c1ccnc3ccccc13)C2. The number of rotatable bonds is 3. The lowest BCUT2D eigenvalue weighted by atomic mass is 9.76. The number of carbonyl (C=O) groups excluding carboxylic acids is 1. The first-order valence-electron chi connectivity index (χ1n) is 10.3. The number of piperidine rings is 1. The van der Waals surface area contributed by atoms with Crippen LogP contribution in [-0.2, 0) is 21.7 Å². The third kappa shape index (κ3) is 3.42. The summed E-state index contributed by atoms with van der Waals surface area (Å²) in [7, 11) is 0. The summed E-state index contributed by atoms with van der Waals surface area (Å²) in [6, 6.07) is 18.9. The van der Waals surface area contributed by atoms with Gasteiger partial charge in [-0.2, -0.15) is 0 Å². The molecule has 0 spiro atoms. The molecule has 1 N–H and O–H groups in total. The lowest BCUT2D eigenvalue weighted by Crippen LogP contribution is -2.62. The molecule has 1 amide bonds. The monoisotopic (exact) mass is 404 g/mol. The molecule has 0 saturated carbocycles. The predicted octanol–water partition coefficient (Wildman–Crippen LogP) is 3.62. The normalized spacial score (nSPS) is 25.8. The van der Waals surface area contributed by atoms with E-state index in [0.29, 0.717) is 26.1 Å². The molecule has 2 saturated heterocycles. The van der Waals surface area contributed by atoms with Crippen LogP contribution in [-0.4, -0.2) is 46.4 Å². The molecule has 154 valence electrons. The number of fused-ring (bicyclic) bond motifs is 3. The zero-order chi connectivity index (χ0) is 20.6. The Morgan fingerprint density at radius 2 is 1.77 bits per heavy atom. The maximum atomic E-state index is 12.9. The van der Waals surface area contributed by atoms with Gasteiger partial charge in [-0.1, -0.05) is 48.5 Å². The number of ether oxygens (including phenoxy) is 2. The number of pyridine rings is 1. The summed E-state index contributed by atoms with van der Waals surface area (Å²) >= 11 is 0. The number of amides is 1. The van der Waals surface area contributed by atoms with E-state index in [1.807, 2.05) is 60.7 Å². The Morgan fingerprint density at radius 3 is 2.53 bits per heavy atom. The zero-order valence-electron chi connectivity index (χ0n) is 16.6. The van der Waals surface area contributed by atoms with Gasteiger partial charge in [0.2, 0.25) is 0 Å². The summed E-state index contributed by atoms with van der Waals surface area (Å²) in [5, 5.41) is 12.6. The molecule has 5 rings (SSSR count). The van der Waals surface area contributed by atoms with Gasteiger partial charge in [0.15, 0.2) is 0 Å². The summed E-state index contributed by atoms with van der Waals surface area (Å²) in [4.78, 5) is 19.1. The summed E-state index contributed by atoms with van der Waals surface area (Å²) in [6.07, 6.45) is 2.19. The number of nitrogens with zero attached hydrogens (tertiary/aromatic N) is 2. The summed E-state index contributed by atoms with van der Waals surface area (Å²) in [5.41, 5.74) is 1.62. The lowest BCUT2D eigenvalue weighted by Gasteiger charge is -2.51. The van der Waals surface area contributed by atoms with Crippen molar-refractivity contribution in [1.29, 1.82) is 0 Å². The lowest BCUT2D eigenvalue weighted by molar-refractivity contribution is -0.136. The molecule has 2 aliphatic heterocycles. The van der Waals surface area contributed by atoms with Gasteiger partial charge in [-0.25, -0.2) is 4.79 Å². The highest BCUT2D eigenvalue weighted by molar-refractivity contribution is 5.83. The van der Waals surface area contributed by atoms with Gasteiger partial charge in [0.05, 0.1) is 36.4 Å². The minimum atomic E-state index is -1.04. The topological polar surface area (TPSA) is 71.9 Å². The number of para-hydroxylation sites is 1. The van der Waals surface area contributed by atoms with Crippen molar-refractivity contribution in [1.82, 2.24) is 9.88 Å². The third-order valence-electron chi connectivity index (χ3n) is 6.12. The van der Waals surface area contributed by atoms with Gasteiger partial charge >= 0.3 is 6.09 Å². The van der Waals surface area contributed by atoms with Gasteiger partial charge in [-0.05, 0) is 23.3 Å². The Kier molecular flexibility index (Phi) is 4.89. The molecular formula is C24H24N2O4. The Labute approximate surface area is 175 Å². The summed E-state index contributed by atoms with van der Waals surface area (Å²) in [5.74, 6) is 0. The molecule has 2 unspecified atom stereocenters. The van der Waals surface area contributed by atoms with Crippen LogP contribution in [0.25, 0.3) is 10.9 Å². The first-order valence-corrected chi connectivity index (χ1v) is 10.3. The van der Waals surface area contributed by atoms with Crippen LogP contribution >= 0.6 is 0 Å². The molecule has 0 radical (unpaired) electrons. The van der Waals surface area contributed by atoms with Crippen molar-refractivity contribution in [3.63, 3.8) is 0 Å². The second-order valence-corrected chi connectivity index (χ2v) is 8.11. The first-order chi connectivity index (χ1) is 14.6. The fraction of sp³-hybridized carbons (Fsp3) is 0.333. The number of hydrogen-bond acceptors (Lipinski definition) is 5. The van der Waals surface area contributed by atoms with E-state index >= 15 is 0 Å². The fourth-order valence-electron chi connectivity index (χ4n) is 4.79. The quantitative estimate of drug-likeness (QED) is 0.722. The van der Waals surface area contributed by atoms with Crippen molar-refractivity contribution in [2.75, 3.05) is 13.2 Å². The average Bonchev–Trinajstić information content (AvgIpc) is 2.77. The molecular weight excluding hydrogens is 380 g/mol. The molecule has 6 heteroatoms. The standard InChI is InChI=1S/C24H24N2O4/c27-23(30-14-17-6-2-1-3-7-17)26-18-12-24(28,13-19(26)16-29-15-18)21-10-11-25-22-9-5-4-8-20(21)22/h1-11,18-19,28H,12-16H2. The van der Waals surface area contributed by atoms with Crippen LogP contribution in [0.1, 0.15) is 24.0 Å². The van der Waals surface area contributed by atoms with E-state index in [2.05, 4.69) is 4.98 Å². The zero-order valence-corrected chi connectivity index (χ0v) is 16.6. The van der Waals surface area contributed by atoms with Gasteiger partial charge in [0, 0.05) is 24.4 Å². The van der Waals surface area contributed by atoms with E-state index in [0.717, 1.165) is 22.0 Å². The van der Waals surface area contributed by atoms with E-state index < -0.39 is 5.60 Å². The van der Waals surface area contributed by atoms with Gasteiger partial charge in [0.1, 0.15) is 6.61 Å². The van der Waals surface area contributed by atoms with Crippen molar-refractivity contribution in [2.24, 2.45) is 0 Å². The molecule has 1 aromatic heterocycles. The Hall–Kier alpha value is -2.96. The van der Waals surface area contributed by atoms with Crippen molar-refractivity contribution in [3.8, 4) is 0 Å². The number of benzene rings is 2. The van der Waals surface area contributed by atoms with Crippen LogP contribution in [0, 0.1) is 0 Å². The van der Waals surface area contributed by atoms with E-state index in [4.69, 9.17) is 9.47 Å². The van der Waals surface area contributed by atoms with Crippen molar-refractivity contribution < 1.29 is 19.4 Å². The van der Waals surface area contributed by atoms with Crippen molar-refractivity contribution in [2.45, 2.75) is 37.1 Å². The predicted molar refractivity (Wildman–Crippen MR) is 112 cm³/mol. The number of aromatic nitrogens is 1. The minimum Gasteiger partial charge on any atom is -0.445 e. The third-order valence-corrected chi connectivity index (χ3v) is 6.12. The van der Waals surface area contributed by atoms with Crippen LogP contribution in [0.5, 0.6) is 0 Å². The van der Waals surface area contributed by atoms with Crippen LogP contribution in [0.2, 0.25) is 0 Å². The van der Waals surface area contributed by atoms with E-state index in [-0.39, 0.29) is 24.8 Å². The number of aliphatic hydroxyl groups is 1. The molecule has 2 aliphatic rings. The van der Waals surface area contributed by atoms with Gasteiger partial charge in [-0.3, -0.25) is 9.88 Å². The Bertz CT molecular complexity index is 1040. The molecule has 30 heavy (non-hydrogen) atoms. The van der Waals surface area contributed by atoms with Crippen molar-refractivity contribution in [3.05, 3.63) is 78.0 Å². The van der Waals surface area contributed by atoms with Crippen LogP contribution < -0.4 is 0 Å². The molecule has 2 bridgehead atoms. The number of morpholine rings is 1. The average molecular weight is 404 g/mol. The van der Waals surface area contributed by atoms with Gasteiger partial charge < -0.3 is 14.6 Å². The molecule has 3 heterocycles. The molecule has 2 fully saturated rings. The molecule has 2 atom stereocenters. The highest BCUT2D eigenvalue weighted by Gasteiger charge is 2.49. The maximum absolute atomic E-state index is 12.9. The van der Waals surface area contributed by atoms with Crippen LogP contribution in [0.3, 0.4) is 0 Å². The molecule has 6 nitrogen and oxygen atoms in total. The second-order valence-electron chi connectivity index (χ2n) is 8.11. The van der Waals surface area contributed by atoms with Crippen LogP contribution in [0.15, 0.2) is 66.9 Å². The van der Waals surface area contributed by atoms with Gasteiger partial charge in [-0.15, -0.1) is 0 Å². The molecule has 2 aromatic carbocycles.